The Morgan fingerprint density at radius 2 is 1.69 bits per heavy atom. The number of nitrogens with zero attached hydrogens (tertiary/aromatic N) is 2. The number of benzene rings is 2. The van der Waals surface area contributed by atoms with E-state index in [1.165, 1.54) is 17.0 Å². The maximum absolute atomic E-state index is 14.0. The molecular weight excluding hydrogens is 374 g/mol. The molecule has 2 aromatic carbocycles. The summed E-state index contributed by atoms with van der Waals surface area (Å²) in [6.45, 7) is 0.00743. The van der Waals surface area contributed by atoms with Gasteiger partial charge in [0.05, 0.1) is 25.5 Å². The zero-order valence-corrected chi connectivity index (χ0v) is 15.9. The third-order valence-electron chi connectivity index (χ3n) is 6.10. The van der Waals surface area contributed by atoms with Crippen LogP contribution in [0.4, 0.5) is 8.78 Å². The molecule has 0 amide bonds. The molecule has 0 bridgehead atoms. The highest BCUT2D eigenvalue weighted by Crippen LogP contribution is 2.40. The summed E-state index contributed by atoms with van der Waals surface area (Å²) in [5.74, 6) is -1.85. The molecule has 0 fully saturated rings. The summed E-state index contributed by atoms with van der Waals surface area (Å²) in [5.41, 5.74) is 6.69. The van der Waals surface area contributed by atoms with Gasteiger partial charge >= 0.3 is 0 Å². The largest absolute Gasteiger partial charge is 0.392 e. The van der Waals surface area contributed by atoms with Crippen LogP contribution in [0.15, 0.2) is 42.5 Å². The fourth-order valence-corrected chi connectivity index (χ4v) is 4.73. The van der Waals surface area contributed by atoms with Crippen LogP contribution in [-0.4, -0.2) is 19.3 Å². The van der Waals surface area contributed by atoms with Gasteiger partial charge in [0.2, 0.25) is 0 Å². The van der Waals surface area contributed by atoms with Gasteiger partial charge in [-0.25, -0.2) is 8.78 Å². The second kappa shape index (κ2) is 6.54. The van der Waals surface area contributed by atoms with Crippen molar-refractivity contribution in [2.75, 3.05) is 0 Å². The van der Waals surface area contributed by atoms with Gasteiger partial charge < -0.3 is 19.3 Å². The third-order valence-corrected chi connectivity index (χ3v) is 6.10. The van der Waals surface area contributed by atoms with Crippen LogP contribution in [0.2, 0.25) is 0 Å². The van der Waals surface area contributed by atoms with Crippen LogP contribution in [0.3, 0.4) is 0 Å². The zero-order chi connectivity index (χ0) is 20.3. The van der Waals surface area contributed by atoms with E-state index in [1.807, 2.05) is 23.7 Å². The third kappa shape index (κ3) is 2.49. The van der Waals surface area contributed by atoms with E-state index in [-0.39, 0.29) is 13.2 Å². The molecule has 0 atom stereocenters. The first-order chi connectivity index (χ1) is 14.0. The fourth-order valence-electron chi connectivity index (χ4n) is 4.73. The summed E-state index contributed by atoms with van der Waals surface area (Å²) in [5, 5.41) is 21.3. The molecule has 148 valence electrons. The predicted octanol–water partition coefficient (Wildman–Crippen LogP) is 3.86. The van der Waals surface area contributed by atoms with Crippen LogP contribution in [0.5, 0.6) is 0 Å². The molecule has 2 aromatic heterocycles. The average molecular weight is 394 g/mol. The van der Waals surface area contributed by atoms with E-state index in [0.717, 1.165) is 29.0 Å². The van der Waals surface area contributed by atoms with Gasteiger partial charge in [0.1, 0.15) is 0 Å². The number of halogens is 2. The lowest BCUT2D eigenvalue weighted by atomic mass is 9.99. The van der Waals surface area contributed by atoms with Gasteiger partial charge in [-0.2, -0.15) is 0 Å². The van der Waals surface area contributed by atoms with Crippen LogP contribution < -0.4 is 0 Å². The Morgan fingerprint density at radius 1 is 0.931 bits per heavy atom. The molecule has 1 aliphatic rings. The normalized spacial score (nSPS) is 13.0. The van der Waals surface area contributed by atoms with Crippen molar-refractivity contribution < 1.29 is 19.0 Å². The summed E-state index contributed by atoms with van der Waals surface area (Å²) in [6, 6.07) is 11.9. The van der Waals surface area contributed by atoms with E-state index in [2.05, 4.69) is 16.7 Å². The van der Waals surface area contributed by atoms with Crippen molar-refractivity contribution in [2.24, 2.45) is 7.05 Å². The van der Waals surface area contributed by atoms with Crippen molar-refractivity contribution in [3.63, 3.8) is 0 Å². The van der Waals surface area contributed by atoms with Gasteiger partial charge in [-0.3, -0.25) is 0 Å². The molecule has 1 aliphatic heterocycles. The van der Waals surface area contributed by atoms with Crippen molar-refractivity contribution in [3.8, 4) is 11.3 Å². The Bertz CT molecular complexity index is 1270. The fraction of sp³-hybridized carbons (Fsp3) is 0.217. The predicted molar refractivity (Wildman–Crippen MR) is 106 cm³/mol. The maximum Gasteiger partial charge on any atom is 0.159 e. The van der Waals surface area contributed by atoms with Crippen LogP contribution >= 0.6 is 0 Å². The minimum absolute atomic E-state index is 0.227. The Hall–Kier alpha value is -2.96. The van der Waals surface area contributed by atoms with Gasteiger partial charge in [0.25, 0.3) is 0 Å². The Kier molecular flexibility index (Phi) is 4.08. The molecule has 2 N–H and O–H groups in total. The molecule has 0 saturated heterocycles. The number of aromatic nitrogens is 2. The number of aryl methyl sites for hydroxylation is 1. The van der Waals surface area contributed by atoms with Crippen molar-refractivity contribution in [1.82, 2.24) is 9.13 Å². The molecule has 29 heavy (non-hydrogen) atoms. The van der Waals surface area contributed by atoms with E-state index >= 15 is 0 Å². The number of para-hydroxylation sites is 1. The number of aliphatic hydroxyl groups excluding tert-OH is 2. The smallest absolute Gasteiger partial charge is 0.159 e. The quantitative estimate of drug-likeness (QED) is 0.488. The van der Waals surface area contributed by atoms with Crippen LogP contribution in [0.1, 0.15) is 28.1 Å². The lowest BCUT2D eigenvalue weighted by Crippen LogP contribution is -2.17. The van der Waals surface area contributed by atoms with Gasteiger partial charge in [0, 0.05) is 52.4 Å². The van der Waals surface area contributed by atoms with E-state index in [0.29, 0.717) is 35.3 Å². The number of aliphatic hydroxyl groups is 2. The SMILES string of the molecule is Cn1c2c(c3ccccc31)Cc1c(CO)c(CO)c(-c3ccc(F)c(F)c3)n1C2. The molecule has 3 heterocycles. The minimum Gasteiger partial charge on any atom is -0.392 e. The molecule has 6 heteroatoms. The molecule has 0 saturated carbocycles. The summed E-state index contributed by atoms with van der Waals surface area (Å²) in [6.07, 6.45) is 0.600. The molecule has 5 rings (SSSR count). The number of fused-ring (bicyclic) bond motifs is 4. The van der Waals surface area contributed by atoms with Crippen molar-refractivity contribution in [1.29, 1.82) is 0 Å². The highest BCUT2D eigenvalue weighted by Gasteiger charge is 2.30. The number of hydrogen-bond donors (Lipinski definition) is 2. The van der Waals surface area contributed by atoms with E-state index in [1.54, 1.807) is 0 Å². The molecule has 4 aromatic rings. The zero-order valence-electron chi connectivity index (χ0n) is 15.9. The lowest BCUT2D eigenvalue weighted by Gasteiger charge is -2.21. The van der Waals surface area contributed by atoms with E-state index < -0.39 is 11.6 Å². The molecule has 0 radical (unpaired) electrons. The standard InChI is InChI=1S/C23H20F2N2O2/c1-26-20-5-3-2-4-14(20)15-9-21-16(11-28)17(12-29)23(27(21)10-22(15)26)13-6-7-18(24)19(25)8-13/h2-8,28-29H,9-12H2,1H3. The maximum atomic E-state index is 14.0. The van der Waals surface area contributed by atoms with Gasteiger partial charge in [-0.1, -0.05) is 18.2 Å². The van der Waals surface area contributed by atoms with Crippen LogP contribution in [0.25, 0.3) is 22.2 Å². The molecule has 0 spiro atoms. The summed E-state index contributed by atoms with van der Waals surface area (Å²) >= 11 is 0. The van der Waals surface area contributed by atoms with E-state index in [4.69, 9.17) is 0 Å². The summed E-state index contributed by atoms with van der Waals surface area (Å²) in [7, 11) is 2.02. The van der Waals surface area contributed by atoms with Crippen LogP contribution in [-0.2, 0) is 33.2 Å². The molecule has 0 unspecified atom stereocenters. The first kappa shape index (κ1) is 18.1. The topological polar surface area (TPSA) is 50.3 Å². The van der Waals surface area contributed by atoms with Gasteiger partial charge in [0.15, 0.2) is 11.6 Å². The average Bonchev–Trinajstić information content (AvgIpc) is 3.20. The van der Waals surface area contributed by atoms with Crippen molar-refractivity contribution in [2.45, 2.75) is 26.2 Å². The monoisotopic (exact) mass is 394 g/mol. The Morgan fingerprint density at radius 3 is 2.41 bits per heavy atom. The summed E-state index contributed by atoms with van der Waals surface area (Å²) < 4.78 is 31.6. The number of rotatable bonds is 3. The van der Waals surface area contributed by atoms with Crippen molar-refractivity contribution in [3.05, 3.63) is 82.2 Å². The summed E-state index contributed by atoms with van der Waals surface area (Å²) in [4.78, 5) is 0. The Labute approximate surface area is 166 Å². The minimum atomic E-state index is -0.936. The molecule has 0 aliphatic carbocycles. The van der Waals surface area contributed by atoms with Gasteiger partial charge in [-0.05, 0) is 29.8 Å². The first-order valence-electron chi connectivity index (χ1n) is 9.50. The van der Waals surface area contributed by atoms with Crippen LogP contribution in [0, 0.1) is 11.6 Å². The first-order valence-corrected chi connectivity index (χ1v) is 9.50. The highest BCUT2D eigenvalue weighted by molar-refractivity contribution is 5.86. The molecular formula is C23H20F2N2O2. The van der Waals surface area contributed by atoms with E-state index in [9.17, 15) is 19.0 Å². The van der Waals surface area contributed by atoms with Crippen molar-refractivity contribution >= 4 is 10.9 Å². The molecule has 4 nitrogen and oxygen atoms in total. The Balaban J connectivity index is 1.78. The second-order valence-corrected chi connectivity index (χ2v) is 7.46. The van der Waals surface area contributed by atoms with Gasteiger partial charge in [-0.15, -0.1) is 0 Å². The second-order valence-electron chi connectivity index (χ2n) is 7.46. The number of hydrogen-bond acceptors (Lipinski definition) is 2. The lowest BCUT2D eigenvalue weighted by molar-refractivity contribution is 0.260. The highest BCUT2D eigenvalue weighted by atomic mass is 19.2.